The van der Waals surface area contributed by atoms with E-state index in [0.29, 0.717) is 12.8 Å². The molecule has 5 nitrogen and oxygen atoms in total. The summed E-state index contributed by atoms with van der Waals surface area (Å²) >= 11 is 0. The van der Waals surface area contributed by atoms with Crippen LogP contribution in [0.2, 0.25) is 0 Å². The Morgan fingerprint density at radius 3 is 2.59 bits per heavy atom. The van der Waals surface area contributed by atoms with E-state index in [1.807, 2.05) is 6.92 Å². The number of sulfonamides is 1. The molecular formula is C11H19NO4S. The SMILES string of the molecule is C#CCC(CC)NS(=O)(=O)CCC(=O)OCC. The molecule has 0 bridgehead atoms. The van der Waals surface area contributed by atoms with Crippen molar-refractivity contribution in [2.45, 2.75) is 39.2 Å². The van der Waals surface area contributed by atoms with E-state index in [9.17, 15) is 13.2 Å². The molecule has 17 heavy (non-hydrogen) atoms. The molecule has 0 spiro atoms. The van der Waals surface area contributed by atoms with Crippen LogP contribution in [0.15, 0.2) is 0 Å². The van der Waals surface area contributed by atoms with Gasteiger partial charge < -0.3 is 4.74 Å². The van der Waals surface area contributed by atoms with Crippen LogP contribution >= 0.6 is 0 Å². The molecule has 1 unspecified atom stereocenters. The number of esters is 1. The van der Waals surface area contributed by atoms with Gasteiger partial charge in [0, 0.05) is 12.5 Å². The lowest BCUT2D eigenvalue weighted by molar-refractivity contribution is -0.142. The molecular weight excluding hydrogens is 242 g/mol. The molecule has 0 radical (unpaired) electrons. The first-order valence-electron chi connectivity index (χ1n) is 5.54. The van der Waals surface area contributed by atoms with Crippen LogP contribution in [0.4, 0.5) is 0 Å². The van der Waals surface area contributed by atoms with Crippen molar-refractivity contribution in [3.05, 3.63) is 0 Å². The van der Waals surface area contributed by atoms with Crippen molar-refractivity contribution in [1.82, 2.24) is 4.72 Å². The number of carbonyl (C=O) groups is 1. The number of carbonyl (C=O) groups excluding carboxylic acids is 1. The second-order valence-electron chi connectivity index (χ2n) is 3.51. The molecule has 0 aliphatic rings. The Morgan fingerprint density at radius 2 is 2.12 bits per heavy atom. The van der Waals surface area contributed by atoms with Crippen LogP contribution in [0.5, 0.6) is 0 Å². The first kappa shape index (κ1) is 15.9. The molecule has 0 saturated carbocycles. The minimum absolute atomic E-state index is 0.143. The highest BCUT2D eigenvalue weighted by molar-refractivity contribution is 7.89. The third-order valence-corrected chi connectivity index (χ3v) is 3.52. The average molecular weight is 261 g/mol. The van der Waals surface area contributed by atoms with Crippen LogP contribution < -0.4 is 4.72 Å². The van der Waals surface area contributed by atoms with Gasteiger partial charge in [0.1, 0.15) is 0 Å². The molecule has 0 saturated heterocycles. The zero-order chi connectivity index (χ0) is 13.3. The molecule has 0 aliphatic heterocycles. The lowest BCUT2D eigenvalue weighted by Gasteiger charge is -2.14. The van der Waals surface area contributed by atoms with E-state index >= 15 is 0 Å². The van der Waals surface area contributed by atoms with Gasteiger partial charge in [0.15, 0.2) is 0 Å². The van der Waals surface area contributed by atoms with Crippen molar-refractivity contribution < 1.29 is 17.9 Å². The third kappa shape index (κ3) is 7.77. The van der Waals surface area contributed by atoms with Gasteiger partial charge in [-0.1, -0.05) is 6.92 Å². The average Bonchev–Trinajstić information content (AvgIpc) is 2.26. The Kier molecular flexibility index (Phi) is 7.59. The Morgan fingerprint density at radius 1 is 1.47 bits per heavy atom. The number of hydrogen-bond donors (Lipinski definition) is 1. The highest BCUT2D eigenvalue weighted by Gasteiger charge is 2.17. The molecule has 0 aliphatic carbocycles. The van der Waals surface area contributed by atoms with Crippen molar-refractivity contribution in [2.75, 3.05) is 12.4 Å². The summed E-state index contributed by atoms with van der Waals surface area (Å²) in [5.74, 6) is 1.63. The molecule has 6 heteroatoms. The first-order chi connectivity index (χ1) is 7.95. The fourth-order valence-corrected chi connectivity index (χ4v) is 2.49. The van der Waals surface area contributed by atoms with Gasteiger partial charge in [-0.25, -0.2) is 13.1 Å². The maximum Gasteiger partial charge on any atom is 0.306 e. The van der Waals surface area contributed by atoms with Crippen molar-refractivity contribution in [2.24, 2.45) is 0 Å². The first-order valence-corrected chi connectivity index (χ1v) is 7.19. The van der Waals surface area contributed by atoms with E-state index in [1.165, 1.54) is 0 Å². The maximum absolute atomic E-state index is 11.6. The summed E-state index contributed by atoms with van der Waals surface area (Å²) in [7, 11) is -3.47. The number of nitrogens with one attached hydrogen (secondary N) is 1. The van der Waals surface area contributed by atoms with E-state index in [1.54, 1.807) is 6.92 Å². The van der Waals surface area contributed by atoms with Gasteiger partial charge in [-0.2, -0.15) is 0 Å². The zero-order valence-electron chi connectivity index (χ0n) is 10.2. The summed E-state index contributed by atoms with van der Waals surface area (Å²) in [5.41, 5.74) is 0. The molecule has 1 N–H and O–H groups in total. The third-order valence-electron chi connectivity index (χ3n) is 2.08. The molecule has 0 aromatic rings. The topological polar surface area (TPSA) is 72.5 Å². The van der Waals surface area contributed by atoms with Gasteiger partial charge in [0.25, 0.3) is 0 Å². The monoisotopic (exact) mass is 261 g/mol. The summed E-state index contributed by atoms with van der Waals surface area (Å²) in [5, 5.41) is 0. The summed E-state index contributed by atoms with van der Waals surface area (Å²) in [4.78, 5) is 11.0. The van der Waals surface area contributed by atoms with Crippen LogP contribution in [0.25, 0.3) is 0 Å². The Hall–Kier alpha value is -1.06. The molecule has 0 rings (SSSR count). The van der Waals surface area contributed by atoms with Gasteiger partial charge in [-0.15, -0.1) is 12.3 Å². The van der Waals surface area contributed by atoms with Gasteiger partial charge in [0.2, 0.25) is 10.0 Å². The Labute approximate surface area is 103 Å². The van der Waals surface area contributed by atoms with Gasteiger partial charge in [-0.3, -0.25) is 4.79 Å². The minimum Gasteiger partial charge on any atom is -0.466 e. The van der Waals surface area contributed by atoms with Crippen LogP contribution in [-0.2, 0) is 19.6 Å². The smallest absolute Gasteiger partial charge is 0.306 e. The molecule has 0 aromatic carbocycles. The molecule has 0 aromatic heterocycles. The summed E-state index contributed by atoms with van der Waals surface area (Å²) in [6.07, 6.45) is 5.94. The lowest BCUT2D eigenvalue weighted by Crippen LogP contribution is -2.36. The Bertz CT molecular complexity index is 369. The summed E-state index contributed by atoms with van der Waals surface area (Å²) in [6.45, 7) is 3.77. The van der Waals surface area contributed by atoms with E-state index in [2.05, 4.69) is 15.4 Å². The predicted octanol–water partition coefficient (Wildman–Crippen LogP) is 0.661. The number of terminal acetylenes is 1. The number of rotatable bonds is 8. The molecule has 0 amide bonds. The van der Waals surface area contributed by atoms with Crippen LogP contribution in [0.1, 0.15) is 33.1 Å². The van der Waals surface area contributed by atoms with Gasteiger partial charge in [-0.05, 0) is 13.3 Å². The maximum atomic E-state index is 11.6. The standard InChI is InChI=1S/C11H19NO4S/c1-4-7-10(5-2)12-17(14,15)9-8-11(13)16-6-3/h1,10,12H,5-9H2,2-3H3. The van der Waals surface area contributed by atoms with Gasteiger partial charge >= 0.3 is 5.97 Å². The normalized spacial score (nSPS) is 12.8. The zero-order valence-corrected chi connectivity index (χ0v) is 11.0. The molecule has 1 atom stereocenters. The highest BCUT2D eigenvalue weighted by Crippen LogP contribution is 2.01. The largest absolute Gasteiger partial charge is 0.466 e. The fourth-order valence-electron chi connectivity index (χ4n) is 1.18. The number of ether oxygens (including phenoxy) is 1. The molecule has 98 valence electrons. The predicted molar refractivity (Wildman–Crippen MR) is 65.7 cm³/mol. The lowest BCUT2D eigenvalue weighted by atomic mass is 10.2. The highest BCUT2D eigenvalue weighted by atomic mass is 32.2. The van der Waals surface area contributed by atoms with Crippen molar-refractivity contribution >= 4 is 16.0 Å². The van der Waals surface area contributed by atoms with Crippen LogP contribution in [0, 0.1) is 12.3 Å². The minimum atomic E-state index is -3.47. The van der Waals surface area contributed by atoms with Crippen LogP contribution in [0.3, 0.4) is 0 Å². The second kappa shape index (κ2) is 8.09. The van der Waals surface area contributed by atoms with E-state index in [4.69, 9.17) is 6.42 Å². The molecule has 0 fully saturated rings. The van der Waals surface area contributed by atoms with E-state index in [0.717, 1.165) is 0 Å². The van der Waals surface area contributed by atoms with E-state index < -0.39 is 16.0 Å². The second-order valence-corrected chi connectivity index (χ2v) is 5.38. The van der Waals surface area contributed by atoms with Crippen molar-refractivity contribution in [3.63, 3.8) is 0 Å². The van der Waals surface area contributed by atoms with Crippen molar-refractivity contribution in [1.29, 1.82) is 0 Å². The van der Waals surface area contributed by atoms with Crippen molar-refractivity contribution in [3.8, 4) is 12.3 Å². The summed E-state index contributed by atoms with van der Waals surface area (Å²) in [6, 6.07) is -0.271. The van der Waals surface area contributed by atoms with Gasteiger partial charge in [0.05, 0.1) is 18.8 Å². The number of hydrogen-bond acceptors (Lipinski definition) is 4. The quantitative estimate of drug-likeness (QED) is 0.514. The summed E-state index contributed by atoms with van der Waals surface area (Å²) < 4.78 is 30.3. The van der Waals surface area contributed by atoms with E-state index in [-0.39, 0.29) is 24.8 Å². The Balaban J connectivity index is 4.20. The van der Waals surface area contributed by atoms with Crippen LogP contribution in [-0.4, -0.2) is 32.8 Å². The molecule has 0 heterocycles. The fraction of sp³-hybridized carbons (Fsp3) is 0.727.